The van der Waals surface area contributed by atoms with Crippen LogP contribution in [0.1, 0.15) is 11.3 Å². The Labute approximate surface area is 116 Å². The maximum Gasteiger partial charge on any atom is 0.157 e. The summed E-state index contributed by atoms with van der Waals surface area (Å²) >= 11 is 5.82. The number of hydrogen-bond donors (Lipinski definition) is 1. The second-order valence-electron chi connectivity index (χ2n) is 3.71. The minimum absolute atomic E-state index is 0.230. The fraction of sp³-hybridized carbons (Fsp3) is 0.133. The molecule has 0 atom stereocenters. The van der Waals surface area contributed by atoms with Gasteiger partial charge in [-0.3, -0.25) is 0 Å². The van der Waals surface area contributed by atoms with E-state index in [1.165, 1.54) is 0 Å². The van der Waals surface area contributed by atoms with E-state index in [2.05, 4.69) is 16.8 Å². The topological polar surface area (TPSA) is 42.4 Å². The first-order valence-electron chi connectivity index (χ1n) is 5.72. The maximum atomic E-state index is 8.72. The number of halogens is 1. The second-order valence-corrected chi connectivity index (χ2v) is 4.10. The van der Waals surface area contributed by atoms with Gasteiger partial charge in [0.15, 0.2) is 11.4 Å². The van der Waals surface area contributed by atoms with Gasteiger partial charge >= 0.3 is 0 Å². The molecule has 96 valence electrons. The predicted octanol–water partition coefficient (Wildman–Crippen LogP) is 2.66. The molecule has 0 saturated carbocycles. The van der Waals surface area contributed by atoms with Crippen molar-refractivity contribution in [1.29, 1.82) is 0 Å². The zero-order chi connectivity index (χ0) is 13.5. The van der Waals surface area contributed by atoms with E-state index >= 15 is 0 Å². The molecule has 0 radical (unpaired) electrons. The van der Waals surface area contributed by atoms with Gasteiger partial charge in [0.25, 0.3) is 0 Å². The summed E-state index contributed by atoms with van der Waals surface area (Å²) in [7, 11) is 0. The third-order valence-electron chi connectivity index (χ3n) is 2.35. The Morgan fingerprint density at radius 3 is 2.68 bits per heavy atom. The summed E-state index contributed by atoms with van der Waals surface area (Å²) in [5, 5.41) is 9.06. The number of benzene rings is 1. The van der Waals surface area contributed by atoms with Gasteiger partial charge in [-0.05, 0) is 23.6 Å². The molecule has 2 rings (SSSR count). The fourth-order valence-electron chi connectivity index (χ4n) is 1.49. The predicted molar refractivity (Wildman–Crippen MR) is 74.0 cm³/mol. The number of pyridine rings is 1. The van der Waals surface area contributed by atoms with E-state index in [0.717, 1.165) is 5.56 Å². The lowest BCUT2D eigenvalue weighted by atomic mass is 10.2. The molecule has 0 fully saturated rings. The van der Waals surface area contributed by atoms with Crippen LogP contribution in [0.25, 0.3) is 0 Å². The van der Waals surface area contributed by atoms with Gasteiger partial charge in [-0.15, -0.1) is 0 Å². The summed E-state index contributed by atoms with van der Waals surface area (Å²) in [6.45, 7) is 0.199. The summed E-state index contributed by atoms with van der Waals surface area (Å²) in [6.07, 6.45) is 0. The number of nitrogens with zero attached hydrogens (tertiary/aromatic N) is 1. The van der Waals surface area contributed by atoms with E-state index in [-0.39, 0.29) is 6.61 Å². The maximum absolute atomic E-state index is 8.72. The molecule has 0 unspecified atom stereocenters. The minimum atomic E-state index is -0.230. The molecule has 1 aromatic carbocycles. The first-order valence-corrected chi connectivity index (χ1v) is 6.10. The molecule has 0 bridgehead atoms. The van der Waals surface area contributed by atoms with Crippen molar-refractivity contribution in [2.45, 2.75) is 6.61 Å². The van der Waals surface area contributed by atoms with Crippen molar-refractivity contribution in [3.05, 3.63) is 58.9 Å². The van der Waals surface area contributed by atoms with E-state index in [1.807, 2.05) is 30.3 Å². The number of ether oxygens (including phenoxy) is 1. The van der Waals surface area contributed by atoms with Crippen molar-refractivity contribution >= 4 is 11.6 Å². The van der Waals surface area contributed by atoms with E-state index in [4.69, 9.17) is 21.4 Å². The molecule has 0 amide bonds. The second kappa shape index (κ2) is 6.79. The van der Waals surface area contributed by atoms with Crippen molar-refractivity contribution in [2.75, 3.05) is 6.61 Å². The number of aromatic nitrogens is 1. The lowest BCUT2D eigenvalue weighted by molar-refractivity contribution is 0.304. The van der Waals surface area contributed by atoms with E-state index < -0.39 is 0 Å². The average Bonchev–Trinajstić information content (AvgIpc) is 2.45. The zero-order valence-electron chi connectivity index (χ0n) is 10.1. The average molecular weight is 274 g/mol. The van der Waals surface area contributed by atoms with Crippen molar-refractivity contribution in [1.82, 2.24) is 4.98 Å². The Balaban J connectivity index is 2.15. The number of aliphatic hydroxyl groups excluding tert-OH is 1. The fourth-order valence-corrected chi connectivity index (χ4v) is 1.63. The first kappa shape index (κ1) is 13.4. The molecular formula is C15H12ClNO2. The van der Waals surface area contributed by atoms with Crippen molar-refractivity contribution in [3.63, 3.8) is 0 Å². The highest BCUT2D eigenvalue weighted by Gasteiger charge is 2.04. The van der Waals surface area contributed by atoms with Gasteiger partial charge in [0.1, 0.15) is 18.4 Å². The summed E-state index contributed by atoms with van der Waals surface area (Å²) in [5.74, 6) is 5.80. The van der Waals surface area contributed by atoms with E-state index in [0.29, 0.717) is 23.2 Å². The molecule has 0 aliphatic carbocycles. The molecule has 1 aromatic heterocycles. The van der Waals surface area contributed by atoms with Crippen LogP contribution in [0.15, 0.2) is 42.5 Å². The smallest absolute Gasteiger partial charge is 0.157 e. The molecule has 3 nitrogen and oxygen atoms in total. The number of hydrogen-bond acceptors (Lipinski definition) is 3. The molecule has 1 heterocycles. The van der Waals surface area contributed by atoms with Gasteiger partial charge in [-0.2, -0.15) is 0 Å². The summed E-state index contributed by atoms with van der Waals surface area (Å²) < 4.78 is 5.67. The molecule has 2 aromatic rings. The van der Waals surface area contributed by atoms with E-state index in [1.54, 1.807) is 12.1 Å². The highest BCUT2D eigenvalue weighted by Crippen LogP contribution is 2.19. The van der Waals surface area contributed by atoms with Crippen molar-refractivity contribution in [2.24, 2.45) is 0 Å². The van der Waals surface area contributed by atoms with Gasteiger partial charge in [0.05, 0.1) is 0 Å². The quantitative estimate of drug-likeness (QED) is 0.691. The zero-order valence-corrected chi connectivity index (χ0v) is 10.9. The van der Waals surface area contributed by atoms with Crippen LogP contribution in [0.5, 0.6) is 5.75 Å². The molecule has 1 N–H and O–H groups in total. The van der Waals surface area contributed by atoms with Crippen molar-refractivity contribution in [3.8, 4) is 17.6 Å². The third-order valence-corrected chi connectivity index (χ3v) is 2.56. The highest BCUT2D eigenvalue weighted by atomic mass is 35.5. The lowest BCUT2D eigenvalue weighted by Gasteiger charge is -2.07. The van der Waals surface area contributed by atoms with Crippen LogP contribution >= 0.6 is 11.6 Å². The Bertz CT molecular complexity index is 603. The van der Waals surface area contributed by atoms with E-state index in [9.17, 15) is 0 Å². The summed E-state index contributed by atoms with van der Waals surface area (Å²) in [4.78, 5) is 4.08. The van der Waals surface area contributed by atoms with Gasteiger partial charge in [-0.1, -0.05) is 47.9 Å². The molecule has 19 heavy (non-hydrogen) atoms. The molecule has 0 aliphatic heterocycles. The summed E-state index contributed by atoms with van der Waals surface area (Å²) in [6, 6.07) is 13.2. The monoisotopic (exact) mass is 273 g/mol. The minimum Gasteiger partial charge on any atom is -0.486 e. The molecule has 0 spiro atoms. The largest absolute Gasteiger partial charge is 0.486 e. The van der Waals surface area contributed by atoms with Gasteiger partial charge in [0, 0.05) is 0 Å². The SMILES string of the molecule is OCC#Cc1nc(Cl)ccc1OCc1ccccc1. The summed E-state index contributed by atoms with van der Waals surface area (Å²) in [5.41, 5.74) is 1.48. The normalized spacial score (nSPS) is 9.58. The Morgan fingerprint density at radius 1 is 1.16 bits per heavy atom. The standard InChI is InChI=1S/C15H12ClNO2/c16-15-9-8-14(13(17-15)7-4-10-18)19-11-12-5-2-1-3-6-12/h1-3,5-6,8-9,18H,10-11H2. The lowest BCUT2D eigenvalue weighted by Crippen LogP contribution is -1.98. The van der Waals surface area contributed by atoms with Crippen LogP contribution in [0.2, 0.25) is 5.15 Å². The van der Waals surface area contributed by atoms with Crippen LogP contribution in [-0.4, -0.2) is 16.7 Å². The molecule has 0 saturated heterocycles. The molecule has 4 heteroatoms. The first-order chi connectivity index (χ1) is 9.29. The molecule has 0 aliphatic rings. The van der Waals surface area contributed by atoms with Crippen LogP contribution in [0.3, 0.4) is 0 Å². The Hall–Kier alpha value is -2.02. The Morgan fingerprint density at radius 2 is 1.95 bits per heavy atom. The number of rotatable bonds is 3. The van der Waals surface area contributed by atoms with Crippen LogP contribution < -0.4 is 4.74 Å². The third kappa shape index (κ3) is 3.99. The van der Waals surface area contributed by atoms with Gasteiger partial charge < -0.3 is 9.84 Å². The van der Waals surface area contributed by atoms with Crippen LogP contribution in [0, 0.1) is 11.8 Å². The number of aliphatic hydroxyl groups is 1. The highest BCUT2D eigenvalue weighted by molar-refractivity contribution is 6.29. The van der Waals surface area contributed by atoms with Gasteiger partial charge in [0.2, 0.25) is 0 Å². The Kier molecular flexibility index (Phi) is 4.79. The van der Waals surface area contributed by atoms with Gasteiger partial charge in [-0.25, -0.2) is 4.98 Å². The van der Waals surface area contributed by atoms with Crippen LogP contribution in [0.4, 0.5) is 0 Å². The van der Waals surface area contributed by atoms with Crippen molar-refractivity contribution < 1.29 is 9.84 Å². The molecular weight excluding hydrogens is 262 g/mol. The van der Waals surface area contributed by atoms with Crippen LogP contribution in [-0.2, 0) is 6.61 Å².